The molecule has 1 aliphatic rings. The summed E-state index contributed by atoms with van der Waals surface area (Å²) < 4.78 is 0.867. The van der Waals surface area contributed by atoms with Crippen molar-refractivity contribution < 1.29 is 9.59 Å². The highest BCUT2D eigenvalue weighted by Crippen LogP contribution is 2.39. The van der Waals surface area contributed by atoms with E-state index in [9.17, 15) is 9.59 Å². The molecule has 144 valence electrons. The summed E-state index contributed by atoms with van der Waals surface area (Å²) in [7, 11) is 0. The molecule has 1 aliphatic heterocycles. The normalized spacial score (nSPS) is 16.8. The quantitative estimate of drug-likeness (QED) is 0.487. The van der Waals surface area contributed by atoms with Crippen molar-refractivity contribution in [2.75, 3.05) is 12.0 Å². The van der Waals surface area contributed by atoms with Gasteiger partial charge in [-0.25, -0.2) is 5.01 Å². The molecule has 1 aromatic heterocycles. The van der Waals surface area contributed by atoms with E-state index in [-0.39, 0.29) is 11.3 Å². The Morgan fingerprint density at radius 2 is 1.96 bits per heavy atom. The van der Waals surface area contributed by atoms with Crippen molar-refractivity contribution in [2.24, 2.45) is 0 Å². The molecule has 1 atom stereocenters. The monoisotopic (exact) mass is 468 g/mol. The molecule has 4 rings (SSSR count). The second-order valence-electron chi connectivity index (χ2n) is 6.03. The van der Waals surface area contributed by atoms with Crippen molar-refractivity contribution in [3.05, 3.63) is 63.0 Å². The first kappa shape index (κ1) is 19.9. The number of benzene rings is 2. The van der Waals surface area contributed by atoms with Crippen LogP contribution >= 0.6 is 58.1 Å². The Bertz CT molecular complexity index is 1070. The highest BCUT2D eigenvalue weighted by molar-refractivity contribution is 8.00. The zero-order chi connectivity index (χ0) is 19.8. The molecule has 2 amide bonds. The molecule has 2 heterocycles. The fourth-order valence-corrected chi connectivity index (χ4v) is 5.97. The van der Waals surface area contributed by atoms with E-state index in [0.717, 1.165) is 20.5 Å². The molecule has 4 nitrogen and oxygen atoms in total. The Morgan fingerprint density at radius 3 is 2.68 bits per heavy atom. The number of thiophene rings is 1. The molecule has 3 aromatic rings. The Balaban J connectivity index is 1.60. The molecule has 1 unspecified atom stereocenters. The molecule has 0 bridgehead atoms. The number of thioether (sulfide) groups is 2. The number of hydrazine groups is 1. The predicted molar refractivity (Wildman–Crippen MR) is 120 cm³/mol. The van der Waals surface area contributed by atoms with Crippen molar-refractivity contribution in [1.82, 2.24) is 10.4 Å². The Morgan fingerprint density at radius 1 is 1.21 bits per heavy atom. The lowest BCUT2D eigenvalue weighted by Gasteiger charge is -2.24. The number of rotatable bonds is 4. The third-order valence-electron chi connectivity index (χ3n) is 4.29. The van der Waals surface area contributed by atoms with Gasteiger partial charge in [0.1, 0.15) is 10.3 Å². The average molecular weight is 469 g/mol. The fraction of sp³-hybridized carbons (Fsp3) is 0.158. The zero-order valence-corrected chi connectivity index (χ0v) is 18.5. The summed E-state index contributed by atoms with van der Waals surface area (Å²) in [5.74, 6) is -0.230. The standard InChI is InChI=1S/C19H14Cl2N2O2S3/c1-26-12-5-2-10(3-6-12)19-23(15(24)9-27-19)22-18(25)17-16(21)13-8-11(20)4-7-14(13)28-17/h2-8,19H,9H2,1H3,(H,22,25). The number of hydrogen-bond acceptors (Lipinski definition) is 5. The highest BCUT2D eigenvalue weighted by Gasteiger charge is 2.35. The number of nitrogens with zero attached hydrogens (tertiary/aromatic N) is 1. The van der Waals surface area contributed by atoms with Crippen molar-refractivity contribution in [3.8, 4) is 0 Å². The lowest BCUT2D eigenvalue weighted by atomic mass is 10.2. The van der Waals surface area contributed by atoms with Gasteiger partial charge in [0.2, 0.25) is 0 Å². The highest BCUT2D eigenvalue weighted by atomic mass is 35.5. The third kappa shape index (κ3) is 3.74. The summed E-state index contributed by atoms with van der Waals surface area (Å²) in [4.78, 5) is 26.8. The second-order valence-corrected chi connectivity index (χ2v) is 9.84. The summed E-state index contributed by atoms with van der Waals surface area (Å²) in [5, 5.41) is 2.76. The summed E-state index contributed by atoms with van der Waals surface area (Å²) in [6, 6.07) is 13.3. The number of halogens is 2. The predicted octanol–water partition coefficient (Wildman–Crippen LogP) is 5.85. The number of nitrogens with one attached hydrogen (secondary N) is 1. The van der Waals surface area contributed by atoms with E-state index in [1.54, 1.807) is 23.9 Å². The molecule has 1 saturated heterocycles. The van der Waals surface area contributed by atoms with Gasteiger partial charge in [-0.3, -0.25) is 15.0 Å². The molecule has 28 heavy (non-hydrogen) atoms. The van der Waals surface area contributed by atoms with E-state index in [4.69, 9.17) is 23.2 Å². The van der Waals surface area contributed by atoms with Crippen LogP contribution in [-0.4, -0.2) is 28.8 Å². The van der Waals surface area contributed by atoms with Crippen molar-refractivity contribution in [3.63, 3.8) is 0 Å². The van der Waals surface area contributed by atoms with Crippen molar-refractivity contribution in [2.45, 2.75) is 10.3 Å². The fourth-order valence-electron chi connectivity index (χ4n) is 2.91. The molecule has 0 spiro atoms. The first-order chi connectivity index (χ1) is 13.5. The summed E-state index contributed by atoms with van der Waals surface area (Å²) in [6.45, 7) is 0. The van der Waals surface area contributed by atoms with Gasteiger partial charge in [-0.05, 0) is 42.2 Å². The minimum Gasteiger partial charge on any atom is -0.272 e. The maximum Gasteiger partial charge on any atom is 0.281 e. The molecule has 0 saturated carbocycles. The van der Waals surface area contributed by atoms with Crippen LogP contribution in [0.5, 0.6) is 0 Å². The van der Waals surface area contributed by atoms with Gasteiger partial charge >= 0.3 is 0 Å². The first-order valence-corrected chi connectivity index (χ1v) is 12.1. The van der Waals surface area contributed by atoms with E-state index in [1.807, 2.05) is 36.6 Å². The van der Waals surface area contributed by atoms with Crippen LogP contribution in [0.15, 0.2) is 47.4 Å². The molecule has 2 aromatic carbocycles. The number of hydrogen-bond donors (Lipinski definition) is 1. The minimum absolute atomic E-state index is 0.141. The number of carbonyl (C=O) groups is 2. The lowest BCUT2D eigenvalue weighted by Crippen LogP contribution is -2.44. The molecular weight excluding hydrogens is 455 g/mol. The molecule has 0 radical (unpaired) electrons. The minimum atomic E-state index is -0.399. The van der Waals surface area contributed by atoms with E-state index >= 15 is 0 Å². The van der Waals surface area contributed by atoms with Crippen molar-refractivity contribution in [1.29, 1.82) is 0 Å². The summed E-state index contributed by atoms with van der Waals surface area (Å²) in [5.41, 5.74) is 3.71. The third-order valence-corrected chi connectivity index (χ3v) is 8.15. The van der Waals surface area contributed by atoms with Gasteiger partial charge in [0.25, 0.3) is 11.8 Å². The SMILES string of the molecule is CSc1ccc(C2SCC(=O)N2NC(=O)c2sc3ccc(Cl)cc3c2Cl)cc1. The molecule has 1 N–H and O–H groups in total. The van der Waals surface area contributed by atoms with Gasteiger partial charge in [-0.15, -0.1) is 34.9 Å². The van der Waals surface area contributed by atoms with E-state index in [0.29, 0.717) is 20.7 Å². The molecule has 0 aliphatic carbocycles. The summed E-state index contributed by atoms with van der Waals surface area (Å²) >= 11 is 16.9. The maximum absolute atomic E-state index is 12.9. The maximum atomic E-state index is 12.9. The van der Waals surface area contributed by atoms with Crippen molar-refractivity contribution >= 4 is 80.0 Å². The Hall–Kier alpha value is -1.38. The first-order valence-electron chi connectivity index (χ1n) is 8.24. The molecule has 1 fully saturated rings. The summed E-state index contributed by atoms with van der Waals surface area (Å²) in [6.07, 6.45) is 2.01. The van der Waals surface area contributed by atoms with Gasteiger partial charge < -0.3 is 0 Å². The Kier molecular flexibility index (Phi) is 5.81. The lowest BCUT2D eigenvalue weighted by molar-refractivity contribution is -0.130. The van der Waals surface area contributed by atoms with Crippen LogP contribution in [0.3, 0.4) is 0 Å². The smallest absolute Gasteiger partial charge is 0.272 e. The number of amides is 2. The van der Waals surface area contributed by atoms with Crippen LogP contribution in [0.4, 0.5) is 0 Å². The van der Waals surface area contributed by atoms with Crippen LogP contribution in [0.1, 0.15) is 20.6 Å². The molecular formula is C19H14Cl2N2O2S3. The van der Waals surface area contributed by atoms with Gasteiger partial charge in [0.15, 0.2) is 0 Å². The van der Waals surface area contributed by atoms with Gasteiger partial charge in [-0.2, -0.15) is 0 Å². The Labute approximate surface area is 184 Å². The van der Waals surface area contributed by atoms with Crippen LogP contribution in [0, 0.1) is 0 Å². The van der Waals surface area contributed by atoms with E-state index < -0.39 is 5.91 Å². The van der Waals surface area contributed by atoms with Crippen LogP contribution in [-0.2, 0) is 4.79 Å². The second kappa shape index (κ2) is 8.16. The largest absolute Gasteiger partial charge is 0.281 e. The van der Waals surface area contributed by atoms with Gasteiger partial charge in [-0.1, -0.05) is 35.3 Å². The van der Waals surface area contributed by atoms with Crippen LogP contribution in [0.25, 0.3) is 10.1 Å². The van der Waals surface area contributed by atoms with E-state index in [1.165, 1.54) is 28.1 Å². The van der Waals surface area contributed by atoms with Crippen LogP contribution in [0.2, 0.25) is 10.0 Å². The number of fused-ring (bicyclic) bond motifs is 1. The zero-order valence-electron chi connectivity index (χ0n) is 14.6. The molecule has 9 heteroatoms. The topological polar surface area (TPSA) is 49.4 Å². The average Bonchev–Trinajstić information content (AvgIpc) is 3.22. The number of carbonyl (C=O) groups excluding carboxylic acids is 2. The van der Waals surface area contributed by atoms with Gasteiger partial charge in [0.05, 0.1) is 10.8 Å². The van der Waals surface area contributed by atoms with Crippen LogP contribution < -0.4 is 5.43 Å². The van der Waals surface area contributed by atoms with E-state index in [2.05, 4.69) is 5.43 Å². The van der Waals surface area contributed by atoms with Gasteiger partial charge in [0, 0.05) is 20.0 Å².